The number of nitrogens with zero attached hydrogens (tertiary/aromatic N) is 1. The van der Waals surface area contributed by atoms with Crippen molar-refractivity contribution in [3.63, 3.8) is 0 Å². The van der Waals surface area contributed by atoms with Crippen LogP contribution in [-0.4, -0.2) is 20.2 Å². The number of nitrogens with one attached hydrogen (secondary N) is 1. The number of halogens is 1. The molecule has 3 aromatic rings. The number of aromatic amines is 1. The maximum absolute atomic E-state index is 12.0. The first-order valence-corrected chi connectivity index (χ1v) is 6.80. The van der Waals surface area contributed by atoms with Crippen LogP contribution >= 0.6 is 11.6 Å². The quantitative estimate of drug-likeness (QED) is 0.633. The Hall–Kier alpha value is -2.79. The Bertz CT molecular complexity index is 948. The van der Waals surface area contributed by atoms with Gasteiger partial charge in [-0.05, 0) is 30.3 Å². The van der Waals surface area contributed by atoms with Gasteiger partial charge in [0, 0.05) is 16.7 Å². The summed E-state index contributed by atoms with van der Waals surface area (Å²) in [6, 6.07) is 11.0. The Morgan fingerprint density at radius 1 is 1.23 bits per heavy atom. The van der Waals surface area contributed by atoms with Gasteiger partial charge in [-0.1, -0.05) is 23.7 Å². The summed E-state index contributed by atoms with van der Waals surface area (Å²) in [6.45, 7) is 0. The van der Waals surface area contributed by atoms with Gasteiger partial charge in [0.2, 0.25) is 0 Å². The van der Waals surface area contributed by atoms with Crippen molar-refractivity contribution in [3.8, 4) is 5.75 Å². The molecule has 6 heteroatoms. The Kier molecular flexibility index (Phi) is 3.56. The number of fused-ring (bicyclic) bond motifs is 1. The molecule has 0 atom stereocenters. The number of aromatic nitrogens is 2. The van der Waals surface area contributed by atoms with Crippen molar-refractivity contribution in [1.29, 1.82) is 0 Å². The van der Waals surface area contributed by atoms with Crippen LogP contribution in [-0.2, 0) is 0 Å². The van der Waals surface area contributed by atoms with Gasteiger partial charge in [0.05, 0.1) is 11.0 Å². The van der Waals surface area contributed by atoms with Crippen LogP contribution in [0.3, 0.4) is 0 Å². The van der Waals surface area contributed by atoms with E-state index in [1.54, 1.807) is 30.3 Å². The average molecular weight is 315 g/mol. The lowest BCUT2D eigenvalue weighted by Crippen LogP contribution is -2.12. The van der Waals surface area contributed by atoms with Crippen LogP contribution in [0.2, 0.25) is 5.02 Å². The first-order chi connectivity index (χ1) is 10.5. The van der Waals surface area contributed by atoms with Gasteiger partial charge in [0.25, 0.3) is 5.56 Å². The van der Waals surface area contributed by atoms with Crippen molar-refractivity contribution in [3.05, 3.63) is 69.1 Å². The average Bonchev–Trinajstić information content (AvgIpc) is 2.48. The maximum Gasteiger partial charge on any atom is 0.274 e. The predicted molar refractivity (Wildman–Crippen MR) is 86.0 cm³/mol. The first-order valence-electron chi connectivity index (χ1n) is 6.42. The Morgan fingerprint density at radius 3 is 2.82 bits per heavy atom. The monoisotopic (exact) mass is 314 g/mol. The van der Waals surface area contributed by atoms with E-state index >= 15 is 0 Å². The summed E-state index contributed by atoms with van der Waals surface area (Å²) in [5.74, 6) is -0.144. The summed E-state index contributed by atoms with van der Waals surface area (Å²) >= 11 is 5.86. The van der Waals surface area contributed by atoms with Crippen molar-refractivity contribution in [1.82, 2.24) is 9.97 Å². The number of aliphatic hydroxyl groups excluding tert-OH is 1. The van der Waals surface area contributed by atoms with Crippen LogP contribution in [0.1, 0.15) is 11.3 Å². The normalized spacial score (nSPS) is 11.8. The Morgan fingerprint density at radius 2 is 2.05 bits per heavy atom. The molecule has 0 aliphatic rings. The smallest absolute Gasteiger partial charge is 0.274 e. The molecule has 3 rings (SSSR count). The molecule has 0 amide bonds. The van der Waals surface area contributed by atoms with Crippen LogP contribution in [0.25, 0.3) is 22.9 Å². The van der Waals surface area contributed by atoms with E-state index in [0.717, 1.165) is 0 Å². The highest BCUT2D eigenvalue weighted by Gasteiger charge is 2.06. The van der Waals surface area contributed by atoms with Gasteiger partial charge in [-0.3, -0.25) is 4.79 Å². The summed E-state index contributed by atoms with van der Waals surface area (Å²) in [4.78, 5) is 18.9. The van der Waals surface area contributed by atoms with Crippen LogP contribution in [0.15, 0.2) is 47.3 Å². The van der Waals surface area contributed by atoms with E-state index in [2.05, 4.69) is 9.97 Å². The second-order valence-electron chi connectivity index (χ2n) is 4.69. The highest BCUT2D eigenvalue weighted by atomic mass is 35.5. The molecule has 0 unspecified atom stereocenters. The second kappa shape index (κ2) is 5.54. The van der Waals surface area contributed by atoms with Crippen molar-refractivity contribution < 1.29 is 10.2 Å². The number of aliphatic hydroxyl groups is 1. The van der Waals surface area contributed by atoms with Crippen molar-refractivity contribution in [2.75, 3.05) is 0 Å². The lowest BCUT2D eigenvalue weighted by molar-refractivity contribution is 0.473. The van der Waals surface area contributed by atoms with Gasteiger partial charge in [-0.2, -0.15) is 0 Å². The van der Waals surface area contributed by atoms with E-state index in [0.29, 0.717) is 21.6 Å². The van der Waals surface area contributed by atoms with Crippen LogP contribution in [0, 0.1) is 0 Å². The minimum atomic E-state index is -0.443. The lowest BCUT2D eigenvalue weighted by Gasteiger charge is -2.02. The summed E-state index contributed by atoms with van der Waals surface area (Å²) < 4.78 is 0. The first kappa shape index (κ1) is 14.2. The number of hydrogen-bond acceptors (Lipinski definition) is 4. The molecule has 0 saturated heterocycles. The third-order valence-corrected chi connectivity index (χ3v) is 3.33. The summed E-state index contributed by atoms with van der Waals surface area (Å²) in [5.41, 5.74) is 1.08. The molecular formula is C16H11ClN2O3. The highest BCUT2D eigenvalue weighted by Crippen LogP contribution is 2.19. The van der Waals surface area contributed by atoms with E-state index in [4.69, 9.17) is 11.6 Å². The zero-order valence-corrected chi connectivity index (χ0v) is 12.0. The summed E-state index contributed by atoms with van der Waals surface area (Å²) in [6.07, 6.45) is 1.25. The third kappa shape index (κ3) is 2.80. The minimum absolute atomic E-state index is 0.0208. The van der Waals surface area contributed by atoms with E-state index in [1.807, 2.05) is 0 Å². The van der Waals surface area contributed by atoms with Gasteiger partial charge in [0.15, 0.2) is 0 Å². The molecule has 0 fully saturated rings. The fourth-order valence-electron chi connectivity index (χ4n) is 2.05. The van der Waals surface area contributed by atoms with Crippen molar-refractivity contribution in [2.45, 2.75) is 0 Å². The predicted octanol–water partition coefficient (Wildman–Crippen LogP) is 3.34. The number of phenolic OH excluding ortho intramolecular Hbond substituents is 1. The zero-order valence-electron chi connectivity index (χ0n) is 11.2. The molecule has 0 aliphatic carbocycles. The van der Waals surface area contributed by atoms with E-state index in [-0.39, 0.29) is 17.2 Å². The Labute approximate surface area is 130 Å². The molecule has 2 aromatic carbocycles. The standard InChI is InChI=1S/C16H11ClN2O3/c17-10-4-5-12-13(7-10)19-16(22)14(18-12)8-15(21)9-2-1-3-11(20)6-9/h1-8,20-21H,(H,19,22)/b15-8-. The molecule has 3 N–H and O–H groups in total. The van der Waals surface area contributed by atoms with E-state index in [9.17, 15) is 15.0 Å². The largest absolute Gasteiger partial charge is 0.508 e. The summed E-state index contributed by atoms with van der Waals surface area (Å²) in [7, 11) is 0. The Balaban J connectivity index is 2.10. The minimum Gasteiger partial charge on any atom is -0.508 e. The lowest BCUT2D eigenvalue weighted by atomic mass is 10.1. The van der Waals surface area contributed by atoms with Gasteiger partial charge < -0.3 is 15.2 Å². The van der Waals surface area contributed by atoms with Crippen molar-refractivity contribution in [2.24, 2.45) is 0 Å². The zero-order chi connectivity index (χ0) is 15.7. The molecule has 0 radical (unpaired) electrons. The van der Waals surface area contributed by atoms with Gasteiger partial charge in [0.1, 0.15) is 17.2 Å². The number of hydrogen-bond donors (Lipinski definition) is 3. The molecule has 0 spiro atoms. The third-order valence-electron chi connectivity index (χ3n) is 3.10. The second-order valence-corrected chi connectivity index (χ2v) is 5.13. The van der Waals surface area contributed by atoms with Gasteiger partial charge >= 0.3 is 0 Å². The van der Waals surface area contributed by atoms with Crippen molar-refractivity contribution >= 4 is 34.5 Å². The number of aromatic hydroxyl groups is 1. The fourth-order valence-corrected chi connectivity index (χ4v) is 2.22. The molecule has 22 heavy (non-hydrogen) atoms. The SMILES string of the molecule is O=c1[nH]c2cc(Cl)ccc2nc1/C=C(\O)c1cccc(O)c1. The van der Waals surface area contributed by atoms with Crippen LogP contribution in [0.5, 0.6) is 5.75 Å². The maximum atomic E-state index is 12.0. The molecule has 0 saturated carbocycles. The molecule has 0 aliphatic heterocycles. The number of benzene rings is 2. The van der Waals surface area contributed by atoms with Gasteiger partial charge in [-0.25, -0.2) is 4.98 Å². The number of H-pyrrole nitrogens is 1. The van der Waals surface area contributed by atoms with Crippen LogP contribution in [0.4, 0.5) is 0 Å². The molecule has 5 nitrogen and oxygen atoms in total. The number of phenols is 1. The summed E-state index contributed by atoms with van der Waals surface area (Å²) in [5, 5.41) is 20.0. The van der Waals surface area contributed by atoms with Crippen LogP contribution < -0.4 is 5.56 Å². The fraction of sp³-hybridized carbons (Fsp3) is 0. The topological polar surface area (TPSA) is 86.2 Å². The number of rotatable bonds is 2. The van der Waals surface area contributed by atoms with E-state index in [1.165, 1.54) is 18.2 Å². The molecule has 0 bridgehead atoms. The molecule has 1 heterocycles. The molecular weight excluding hydrogens is 304 g/mol. The van der Waals surface area contributed by atoms with Gasteiger partial charge in [-0.15, -0.1) is 0 Å². The van der Waals surface area contributed by atoms with E-state index < -0.39 is 5.56 Å². The molecule has 110 valence electrons. The highest BCUT2D eigenvalue weighted by molar-refractivity contribution is 6.31. The molecule has 1 aromatic heterocycles.